The van der Waals surface area contributed by atoms with Gasteiger partial charge in [-0.2, -0.15) is 4.37 Å². The fourth-order valence-electron chi connectivity index (χ4n) is 1.22. The zero-order valence-corrected chi connectivity index (χ0v) is 9.93. The van der Waals surface area contributed by atoms with Gasteiger partial charge in [0.2, 0.25) is 0 Å². The molecule has 0 atom stereocenters. The summed E-state index contributed by atoms with van der Waals surface area (Å²) < 4.78 is 5.63. The van der Waals surface area contributed by atoms with Crippen LogP contribution in [0, 0.1) is 0 Å². The van der Waals surface area contributed by atoms with Gasteiger partial charge in [0.05, 0.1) is 10.4 Å². The van der Waals surface area contributed by atoms with E-state index in [-0.39, 0.29) is 0 Å². The largest absolute Gasteiger partial charge is 0.264 e. The van der Waals surface area contributed by atoms with Crippen LogP contribution in [0.3, 0.4) is 0 Å². The van der Waals surface area contributed by atoms with E-state index in [0.29, 0.717) is 5.92 Å². The van der Waals surface area contributed by atoms with Crippen molar-refractivity contribution in [3.05, 3.63) is 24.2 Å². The van der Waals surface area contributed by atoms with Crippen LogP contribution in [-0.4, -0.2) is 9.36 Å². The number of pyridine rings is 1. The van der Waals surface area contributed by atoms with Gasteiger partial charge in [-0.25, -0.2) is 0 Å². The third kappa shape index (κ3) is 2.10. The summed E-state index contributed by atoms with van der Waals surface area (Å²) in [6.45, 7) is 8.31. The molecule has 3 heteroatoms. The number of rotatable bonds is 1. The highest BCUT2D eigenvalue weighted by Crippen LogP contribution is 2.26. The average Bonchev–Trinajstić information content (AvgIpc) is 2.64. The number of hydrogen-bond acceptors (Lipinski definition) is 3. The van der Waals surface area contributed by atoms with Gasteiger partial charge in [0, 0.05) is 17.8 Å². The van der Waals surface area contributed by atoms with E-state index in [1.807, 2.05) is 32.3 Å². The molecule has 0 spiro atoms. The topological polar surface area (TPSA) is 25.8 Å². The van der Waals surface area contributed by atoms with Crippen molar-refractivity contribution in [2.45, 2.75) is 33.6 Å². The second-order valence-corrected chi connectivity index (χ2v) is 3.90. The summed E-state index contributed by atoms with van der Waals surface area (Å²) in [5, 5.41) is 1.21. The Morgan fingerprint density at radius 2 is 2.00 bits per heavy atom. The molecule has 2 aromatic heterocycles. The number of nitrogens with zero attached hydrogens (tertiary/aromatic N) is 2. The molecule has 0 aliphatic rings. The zero-order valence-electron chi connectivity index (χ0n) is 9.11. The van der Waals surface area contributed by atoms with Gasteiger partial charge in [0.1, 0.15) is 0 Å². The number of fused-ring (bicyclic) bond motifs is 1. The second-order valence-electron chi connectivity index (χ2n) is 3.09. The molecule has 76 valence electrons. The minimum atomic E-state index is 0.489. The highest BCUT2D eigenvalue weighted by Gasteiger charge is 2.08. The highest BCUT2D eigenvalue weighted by atomic mass is 32.1. The minimum absolute atomic E-state index is 0.489. The molecule has 2 heterocycles. The predicted molar refractivity (Wildman–Crippen MR) is 62.9 cm³/mol. The lowest BCUT2D eigenvalue weighted by atomic mass is 10.1. The van der Waals surface area contributed by atoms with Crippen LogP contribution in [0.1, 0.15) is 39.3 Å². The van der Waals surface area contributed by atoms with E-state index in [1.165, 1.54) is 15.8 Å². The highest BCUT2D eigenvalue weighted by molar-refractivity contribution is 7.13. The second kappa shape index (κ2) is 5.05. The van der Waals surface area contributed by atoms with Gasteiger partial charge in [-0.15, -0.1) is 0 Å². The summed E-state index contributed by atoms with van der Waals surface area (Å²) in [4.78, 5) is 4.09. The van der Waals surface area contributed by atoms with Crippen molar-refractivity contribution in [2.75, 3.05) is 0 Å². The molecular weight excluding hydrogens is 192 g/mol. The van der Waals surface area contributed by atoms with Crippen molar-refractivity contribution in [3.8, 4) is 0 Å². The third-order valence-electron chi connectivity index (χ3n) is 1.85. The van der Waals surface area contributed by atoms with Crippen LogP contribution in [0.4, 0.5) is 0 Å². The maximum atomic E-state index is 4.40. The summed E-state index contributed by atoms with van der Waals surface area (Å²) in [5.74, 6) is 0.489. The molecule has 0 unspecified atom stereocenters. The Hall–Kier alpha value is -0.960. The average molecular weight is 208 g/mol. The number of hydrogen-bond donors (Lipinski definition) is 0. The molecule has 14 heavy (non-hydrogen) atoms. The third-order valence-corrected chi connectivity index (χ3v) is 2.69. The van der Waals surface area contributed by atoms with Crippen LogP contribution >= 0.6 is 11.5 Å². The van der Waals surface area contributed by atoms with Crippen molar-refractivity contribution in [3.63, 3.8) is 0 Å². The first-order valence-electron chi connectivity index (χ1n) is 4.98. The SMILES string of the molecule is CC.CC(C)c1nsc2ccncc12. The van der Waals surface area contributed by atoms with Crippen molar-refractivity contribution in [1.29, 1.82) is 0 Å². The summed E-state index contributed by atoms with van der Waals surface area (Å²) >= 11 is 1.55. The van der Waals surface area contributed by atoms with Crippen molar-refractivity contribution in [1.82, 2.24) is 9.36 Å². The molecular formula is C11H16N2S. The molecule has 0 radical (unpaired) electrons. The molecule has 2 rings (SSSR count). The fraction of sp³-hybridized carbons (Fsp3) is 0.455. The lowest BCUT2D eigenvalue weighted by molar-refractivity contribution is 0.849. The first-order chi connectivity index (χ1) is 6.79. The first-order valence-corrected chi connectivity index (χ1v) is 5.75. The molecule has 0 aliphatic heterocycles. The summed E-state index contributed by atoms with van der Waals surface area (Å²) in [6.07, 6.45) is 3.71. The number of aromatic nitrogens is 2. The molecule has 2 aromatic rings. The van der Waals surface area contributed by atoms with E-state index in [2.05, 4.69) is 23.2 Å². The molecule has 0 saturated heterocycles. The van der Waals surface area contributed by atoms with Crippen LogP contribution in [0.2, 0.25) is 0 Å². The van der Waals surface area contributed by atoms with E-state index in [4.69, 9.17) is 0 Å². The van der Waals surface area contributed by atoms with Gasteiger partial charge in [-0.3, -0.25) is 4.98 Å². The quantitative estimate of drug-likeness (QED) is 0.711. The van der Waals surface area contributed by atoms with E-state index < -0.39 is 0 Å². The fourth-order valence-corrected chi connectivity index (χ4v) is 2.10. The Kier molecular flexibility index (Phi) is 4.01. The maximum Gasteiger partial charge on any atom is 0.0661 e. The molecule has 0 aliphatic carbocycles. The Bertz CT molecular complexity index is 393. The molecule has 0 amide bonds. The summed E-state index contributed by atoms with van der Waals surface area (Å²) in [5.41, 5.74) is 1.17. The van der Waals surface area contributed by atoms with Gasteiger partial charge in [-0.05, 0) is 23.5 Å². The lowest BCUT2D eigenvalue weighted by Crippen LogP contribution is -1.86. The Morgan fingerprint density at radius 3 is 2.64 bits per heavy atom. The van der Waals surface area contributed by atoms with E-state index in [9.17, 15) is 0 Å². The zero-order chi connectivity index (χ0) is 10.6. The Labute approximate surface area is 89.2 Å². The van der Waals surface area contributed by atoms with Gasteiger partial charge >= 0.3 is 0 Å². The first kappa shape index (κ1) is 11.1. The van der Waals surface area contributed by atoms with Gasteiger partial charge in [0.15, 0.2) is 0 Å². The van der Waals surface area contributed by atoms with E-state index in [1.54, 1.807) is 11.5 Å². The Morgan fingerprint density at radius 1 is 1.29 bits per heavy atom. The van der Waals surface area contributed by atoms with Crippen LogP contribution in [0.15, 0.2) is 18.5 Å². The lowest BCUT2D eigenvalue weighted by Gasteiger charge is -1.98. The van der Waals surface area contributed by atoms with Crippen LogP contribution < -0.4 is 0 Å². The van der Waals surface area contributed by atoms with Gasteiger partial charge in [-0.1, -0.05) is 27.7 Å². The minimum Gasteiger partial charge on any atom is -0.264 e. The molecule has 0 aromatic carbocycles. The van der Waals surface area contributed by atoms with Crippen molar-refractivity contribution in [2.24, 2.45) is 0 Å². The standard InChI is InChI=1S/C9H10N2S.C2H6/c1-6(2)9-7-5-10-4-3-8(7)12-11-9;1-2/h3-6H,1-2H3;1-2H3. The van der Waals surface area contributed by atoms with Gasteiger partial charge in [0.25, 0.3) is 0 Å². The van der Waals surface area contributed by atoms with E-state index in [0.717, 1.165) is 0 Å². The van der Waals surface area contributed by atoms with Crippen molar-refractivity contribution < 1.29 is 0 Å². The van der Waals surface area contributed by atoms with Crippen LogP contribution in [0.25, 0.3) is 10.1 Å². The molecule has 0 fully saturated rings. The van der Waals surface area contributed by atoms with Crippen LogP contribution in [0.5, 0.6) is 0 Å². The normalized spacial score (nSPS) is 10.1. The van der Waals surface area contributed by atoms with E-state index >= 15 is 0 Å². The maximum absolute atomic E-state index is 4.40. The summed E-state index contributed by atoms with van der Waals surface area (Å²) in [7, 11) is 0. The molecule has 0 bridgehead atoms. The molecule has 0 N–H and O–H groups in total. The monoisotopic (exact) mass is 208 g/mol. The van der Waals surface area contributed by atoms with Crippen LogP contribution in [-0.2, 0) is 0 Å². The molecule has 2 nitrogen and oxygen atoms in total. The predicted octanol–water partition coefficient (Wildman–Crippen LogP) is 3.84. The summed E-state index contributed by atoms with van der Waals surface area (Å²) in [6, 6.07) is 2.01. The van der Waals surface area contributed by atoms with Gasteiger partial charge < -0.3 is 0 Å². The molecule has 0 saturated carbocycles. The smallest absolute Gasteiger partial charge is 0.0661 e. The van der Waals surface area contributed by atoms with Crippen molar-refractivity contribution >= 4 is 21.6 Å². The Balaban J connectivity index is 0.000000461.